The van der Waals surface area contributed by atoms with Crippen molar-refractivity contribution in [2.45, 2.75) is 25.7 Å². The monoisotopic (exact) mass is 493 g/mol. The van der Waals surface area contributed by atoms with E-state index < -0.39 is 6.09 Å². The van der Waals surface area contributed by atoms with Crippen molar-refractivity contribution >= 4 is 17.8 Å². The number of aromatic nitrogens is 2. The minimum absolute atomic E-state index is 0.205. The molecule has 5 rings (SSSR count). The number of anilines is 1. The zero-order chi connectivity index (χ0) is 25.3. The van der Waals surface area contributed by atoms with E-state index in [1.807, 2.05) is 12.3 Å². The van der Waals surface area contributed by atoms with Gasteiger partial charge in [0.15, 0.2) is 5.69 Å². The van der Waals surface area contributed by atoms with Gasteiger partial charge in [0.05, 0.1) is 6.61 Å². The van der Waals surface area contributed by atoms with Gasteiger partial charge in [0.2, 0.25) is 0 Å². The number of primary amides is 1. The highest BCUT2D eigenvalue weighted by Crippen LogP contribution is 2.52. The number of carbonyl (C=O) groups is 2. The molecular formula is C26H28FN5O4. The van der Waals surface area contributed by atoms with Crippen molar-refractivity contribution in [1.29, 1.82) is 0 Å². The lowest BCUT2D eigenvalue weighted by Gasteiger charge is -2.44. The van der Waals surface area contributed by atoms with Gasteiger partial charge in [-0.05, 0) is 59.9 Å². The molecule has 9 nitrogen and oxygen atoms in total. The molecule has 2 amide bonds. The average molecular weight is 494 g/mol. The highest BCUT2D eigenvalue weighted by molar-refractivity contribution is 5.91. The number of nitrogens with two attached hydrogens (primary N) is 1. The first-order valence-corrected chi connectivity index (χ1v) is 11.9. The van der Waals surface area contributed by atoms with Gasteiger partial charge in [-0.2, -0.15) is 0 Å². The predicted molar refractivity (Wildman–Crippen MR) is 130 cm³/mol. The molecule has 1 saturated carbocycles. The molecule has 1 aromatic carbocycles. The number of carbonyl (C=O) groups excluding carboxylic acids is 2. The van der Waals surface area contributed by atoms with Gasteiger partial charge in [0, 0.05) is 44.4 Å². The number of halogens is 1. The van der Waals surface area contributed by atoms with Crippen LogP contribution in [0.1, 0.15) is 41.1 Å². The molecule has 2 aromatic heterocycles. The summed E-state index contributed by atoms with van der Waals surface area (Å²) in [5.74, 6) is 1.13. The predicted octanol–water partition coefficient (Wildman–Crippen LogP) is 3.53. The van der Waals surface area contributed by atoms with Crippen molar-refractivity contribution in [3.8, 4) is 11.1 Å². The summed E-state index contributed by atoms with van der Waals surface area (Å²) in [4.78, 5) is 29.8. The number of nitrogens with zero attached hydrogens (tertiary/aromatic N) is 3. The Bertz CT molecular complexity index is 1270. The Hall–Kier alpha value is -3.95. The SMILES string of the molecule is CNC(=O)c1cc(Cc2cc(N3CCC4(CC(COC(N)=O)C4)C3)ncc2-c2ccc(F)cc2)on1. The summed E-state index contributed by atoms with van der Waals surface area (Å²) in [7, 11) is 1.54. The standard InChI is InChI=1S/C26H28FN5O4/c1-29-24(33)22-10-20(36-31-22)8-18-9-23(30-13-21(18)17-2-4-19(27)5-3-17)32-7-6-26(15-32)11-16(12-26)14-35-25(28)34/h2-5,9-10,13,16H,6-8,11-12,14-15H2,1H3,(H2,28,34)(H,29,33). The molecule has 0 unspecified atom stereocenters. The Morgan fingerprint density at radius 2 is 2.06 bits per heavy atom. The number of hydrogen-bond donors (Lipinski definition) is 2. The maximum absolute atomic E-state index is 13.5. The summed E-state index contributed by atoms with van der Waals surface area (Å²) in [6.45, 7) is 2.14. The first-order valence-electron chi connectivity index (χ1n) is 11.9. The van der Waals surface area contributed by atoms with Gasteiger partial charge in [0.1, 0.15) is 17.4 Å². The van der Waals surface area contributed by atoms with E-state index in [4.69, 9.17) is 20.0 Å². The Balaban J connectivity index is 1.37. The van der Waals surface area contributed by atoms with Crippen molar-refractivity contribution in [2.75, 3.05) is 31.6 Å². The van der Waals surface area contributed by atoms with Crippen LogP contribution in [0.4, 0.5) is 15.0 Å². The fourth-order valence-electron chi connectivity index (χ4n) is 5.46. The summed E-state index contributed by atoms with van der Waals surface area (Å²) < 4.78 is 23.9. The zero-order valence-corrected chi connectivity index (χ0v) is 20.0. The fraction of sp³-hybridized carbons (Fsp3) is 0.385. The second-order valence-corrected chi connectivity index (χ2v) is 9.72. The van der Waals surface area contributed by atoms with Gasteiger partial charge >= 0.3 is 6.09 Å². The van der Waals surface area contributed by atoms with Crippen LogP contribution in [0.3, 0.4) is 0 Å². The number of nitrogens with one attached hydrogen (secondary N) is 1. The van der Waals surface area contributed by atoms with Gasteiger partial charge < -0.3 is 25.2 Å². The lowest BCUT2D eigenvalue weighted by atomic mass is 9.62. The van der Waals surface area contributed by atoms with Gasteiger partial charge in [-0.1, -0.05) is 17.3 Å². The van der Waals surface area contributed by atoms with Crippen LogP contribution in [-0.4, -0.2) is 48.9 Å². The largest absolute Gasteiger partial charge is 0.449 e. The third-order valence-electron chi connectivity index (χ3n) is 7.18. The maximum atomic E-state index is 13.5. The Labute approximate surface area is 207 Å². The summed E-state index contributed by atoms with van der Waals surface area (Å²) >= 11 is 0. The molecule has 3 heterocycles. The summed E-state index contributed by atoms with van der Waals surface area (Å²) in [6.07, 6.45) is 4.53. The molecule has 1 saturated heterocycles. The highest BCUT2D eigenvalue weighted by atomic mass is 19.1. The van der Waals surface area contributed by atoms with Crippen molar-refractivity contribution < 1.29 is 23.2 Å². The van der Waals surface area contributed by atoms with Crippen LogP contribution in [0.15, 0.2) is 47.1 Å². The van der Waals surface area contributed by atoms with Crippen LogP contribution in [0.5, 0.6) is 0 Å². The number of hydrogen-bond acceptors (Lipinski definition) is 7. The molecular weight excluding hydrogens is 465 g/mol. The van der Waals surface area contributed by atoms with E-state index in [9.17, 15) is 14.0 Å². The lowest BCUT2D eigenvalue weighted by molar-refractivity contribution is 0.0256. The van der Waals surface area contributed by atoms with E-state index in [1.54, 1.807) is 18.2 Å². The highest BCUT2D eigenvalue weighted by Gasteiger charge is 2.48. The number of rotatable bonds is 7. The molecule has 3 N–H and O–H groups in total. The van der Waals surface area contributed by atoms with E-state index >= 15 is 0 Å². The molecule has 10 heteroatoms. The molecule has 0 atom stereocenters. The van der Waals surface area contributed by atoms with Gasteiger partial charge in [-0.3, -0.25) is 4.79 Å². The number of amides is 2. The fourth-order valence-corrected chi connectivity index (χ4v) is 5.46. The van der Waals surface area contributed by atoms with E-state index in [2.05, 4.69) is 15.4 Å². The maximum Gasteiger partial charge on any atom is 0.404 e. The van der Waals surface area contributed by atoms with Gasteiger partial charge in [-0.15, -0.1) is 0 Å². The van der Waals surface area contributed by atoms with Crippen molar-refractivity contribution in [1.82, 2.24) is 15.5 Å². The van der Waals surface area contributed by atoms with Crippen molar-refractivity contribution in [3.63, 3.8) is 0 Å². The first kappa shape index (κ1) is 23.8. The number of pyridine rings is 1. The molecule has 3 aromatic rings. The van der Waals surface area contributed by atoms with Crippen LogP contribution in [0.2, 0.25) is 0 Å². The van der Waals surface area contributed by atoms with E-state index in [0.29, 0.717) is 24.7 Å². The molecule has 2 fully saturated rings. The molecule has 188 valence electrons. The summed E-state index contributed by atoms with van der Waals surface area (Å²) in [6, 6.07) is 9.94. The molecule has 0 bridgehead atoms. The smallest absolute Gasteiger partial charge is 0.404 e. The van der Waals surface area contributed by atoms with Gasteiger partial charge in [-0.25, -0.2) is 14.2 Å². The second kappa shape index (κ2) is 9.60. The Morgan fingerprint density at radius 3 is 2.78 bits per heavy atom. The topological polar surface area (TPSA) is 124 Å². The Morgan fingerprint density at radius 1 is 1.28 bits per heavy atom. The minimum Gasteiger partial charge on any atom is -0.449 e. The third-order valence-corrected chi connectivity index (χ3v) is 7.18. The van der Waals surface area contributed by atoms with Crippen LogP contribution in [-0.2, 0) is 11.2 Å². The zero-order valence-electron chi connectivity index (χ0n) is 20.0. The first-order chi connectivity index (χ1) is 17.3. The summed E-state index contributed by atoms with van der Waals surface area (Å²) in [5, 5.41) is 6.40. The van der Waals surface area contributed by atoms with E-state index in [1.165, 1.54) is 19.2 Å². The van der Waals surface area contributed by atoms with Crippen LogP contribution >= 0.6 is 0 Å². The third kappa shape index (κ3) is 4.89. The molecule has 1 spiro atoms. The lowest BCUT2D eigenvalue weighted by Crippen LogP contribution is -2.42. The molecule has 36 heavy (non-hydrogen) atoms. The molecule has 2 aliphatic rings. The van der Waals surface area contributed by atoms with Crippen LogP contribution < -0.4 is 16.0 Å². The van der Waals surface area contributed by atoms with Crippen molar-refractivity contribution in [3.05, 3.63) is 65.4 Å². The normalized spacial score (nSPS) is 20.8. The van der Waals surface area contributed by atoms with Crippen LogP contribution in [0.25, 0.3) is 11.1 Å². The van der Waals surface area contributed by atoms with Gasteiger partial charge in [0.25, 0.3) is 5.91 Å². The summed E-state index contributed by atoms with van der Waals surface area (Å²) in [5.41, 5.74) is 8.15. The molecule has 1 aliphatic carbocycles. The minimum atomic E-state index is -0.726. The van der Waals surface area contributed by atoms with E-state index in [0.717, 1.165) is 54.9 Å². The number of ether oxygens (including phenoxy) is 1. The molecule has 0 radical (unpaired) electrons. The molecule has 1 aliphatic heterocycles. The second-order valence-electron chi connectivity index (χ2n) is 9.72. The Kier molecular flexibility index (Phi) is 6.34. The van der Waals surface area contributed by atoms with Crippen molar-refractivity contribution in [2.24, 2.45) is 17.1 Å². The van der Waals surface area contributed by atoms with Crippen LogP contribution in [0, 0.1) is 17.2 Å². The average Bonchev–Trinajstić information content (AvgIpc) is 3.50. The quantitative estimate of drug-likeness (QED) is 0.516. The van der Waals surface area contributed by atoms with E-state index in [-0.39, 0.29) is 22.8 Å². The number of benzene rings is 1.